The van der Waals surface area contributed by atoms with E-state index in [1.807, 2.05) is 13.8 Å². The highest BCUT2D eigenvalue weighted by molar-refractivity contribution is 7.86. The number of unbranched alkanes of at least 4 members (excludes halogenated alkanes) is 1. The van der Waals surface area contributed by atoms with E-state index in [9.17, 15) is 13.5 Å². The molecule has 1 fully saturated rings. The van der Waals surface area contributed by atoms with Crippen LogP contribution in [-0.2, 0) is 23.8 Å². The van der Waals surface area contributed by atoms with E-state index in [0.717, 1.165) is 12.0 Å². The normalized spacial score (nSPS) is 19.7. The molecule has 1 heterocycles. The highest BCUT2D eigenvalue weighted by Gasteiger charge is 2.42. The van der Waals surface area contributed by atoms with E-state index in [2.05, 4.69) is 0 Å². The molecule has 0 saturated carbocycles. The van der Waals surface area contributed by atoms with Gasteiger partial charge in [0.2, 0.25) is 0 Å². The Morgan fingerprint density at radius 3 is 2.36 bits per heavy atom. The molecule has 1 aliphatic rings. The molecule has 1 aliphatic heterocycles. The summed E-state index contributed by atoms with van der Waals surface area (Å²) in [7, 11) is -3.99. The van der Waals surface area contributed by atoms with E-state index in [1.165, 1.54) is 12.1 Å². The fourth-order valence-electron chi connectivity index (χ4n) is 2.61. The highest BCUT2D eigenvalue weighted by Crippen LogP contribution is 2.32. The van der Waals surface area contributed by atoms with Crippen molar-refractivity contribution >= 4 is 10.1 Å². The first kappa shape index (κ1) is 20.3. The zero-order valence-corrected chi connectivity index (χ0v) is 16.0. The van der Waals surface area contributed by atoms with Gasteiger partial charge in [-0.15, -0.1) is 0 Å². The van der Waals surface area contributed by atoms with Crippen molar-refractivity contribution in [2.75, 3.05) is 13.2 Å². The number of benzene rings is 1. The fraction of sp³-hybridized carbons (Fsp3) is 0.667. The van der Waals surface area contributed by atoms with Gasteiger partial charge >= 0.3 is 10.1 Å². The SMILES string of the molecule is CCC(C)(O)CCCCC1(OS(=O)(=O)c2ccc(C)cc2)OCCO1. The lowest BCUT2D eigenvalue weighted by Crippen LogP contribution is -2.36. The third kappa shape index (κ3) is 5.76. The summed E-state index contributed by atoms with van der Waals surface area (Å²) in [5.74, 6) is -1.57. The molecule has 0 radical (unpaired) electrons. The molecule has 25 heavy (non-hydrogen) atoms. The first-order valence-electron chi connectivity index (χ1n) is 8.71. The summed E-state index contributed by atoms with van der Waals surface area (Å²) in [5.41, 5.74) is 0.254. The molecule has 142 valence electrons. The van der Waals surface area contributed by atoms with Crippen LogP contribution in [0.5, 0.6) is 0 Å². The second-order valence-electron chi connectivity index (χ2n) is 6.79. The molecule has 2 rings (SSSR count). The van der Waals surface area contributed by atoms with E-state index in [0.29, 0.717) is 19.3 Å². The van der Waals surface area contributed by atoms with Gasteiger partial charge in [-0.3, -0.25) is 0 Å². The van der Waals surface area contributed by atoms with E-state index in [-0.39, 0.29) is 24.5 Å². The van der Waals surface area contributed by atoms with Gasteiger partial charge in [-0.1, -0.05) is 31.0 Å². The lowest BCUT2D eigenvalue weighted by atomic mass is 9.95. The number of hydrogen-bond donors (Lipinski definition) is 1. The first-order valence-corrected chi connectivity index (χ1v) is 10.1. The molecule has 1 N–H and O–H groups in total. The van der Waals surface area contributed by atoms with Crippen LogP contribution in [0.4, 0.5) is 0 Å². The minimum Gasteiger partial charge on any atom is -0.390 e. The average Bonchev–Trinajstić information content (AvgIpc) is 3.00. The largest absolute Gasteiger partial charge is 0.390 e. The standard InChI is InChI=1S/C18H28O6S/c1-4-17(3,19)11-5-6-12-18(22-13-14-23-18)24-25(20,21)16-9-7-15(2)8-10-16/h7-10,19H,4-6,11-14H2,1-3H3. The van der Waals surface area contributed by atoms with Crippen LogP contribution in [-0.4, -0.2) is 38.3 Å². The molecule has 0 spiro atoms. The molecule has 0 amide bonds. The Bertz CT molecular complexity index is 645. The molecule has 6 nitrogen and oxygen atoms in total. The number of ether oxygens (including phenoxy) is 2. The quantitative estimate of drug-likeness (QED) is 0.530. The summed E-state index contributed by atoms with van der Waals surface area (Å²) in [6.07, 6.45) is 2.94. The van der Waals surface area contributed by atoms with Gasteiger partial charge in [0.05, 0.1) is 23.7 Å². The summed E-state index contributed by atoms with van der Waals surface area (Å²) in [6, 6.07) is 6.44. The second-order valence-corrected chi connectivity index (χ2v) is 8.33. The molecular formula is C18H28O6S. The van der Waals surface area contributed by atoms with Crippen molar-refractivity contribution in [1.29, 1.82) is 0 Å². The van der Waals surface area contributed by atoms with Crippen LogP contribution >= 0.6 is 0 Å². The minimum absolute atomic E-state index is 0.0745. The summed E-state index contributed by atoms with van der Waals surface area (Å²) in [4.78, 5) is 0.0745. The van der Waals surface area contributed by atoms with E-state index in [4.69, 9.17) is 13.7 Å². The van der Waals surface area contributed by atoms with Gasteiger partial charge in [0.15, 0.2) is 0 Å². The van der Waals surface area contributed by atoms with Gasteiger partial charge in [-0.2, -0.15) is 8.42 Å². The zero-order chi connectivity index (χ0) is 18.6. The summed E-state index contributed by atoms with van der Waals surface area (Å²) < 4.78 is 41.4. The van der Waals surface area contributed by atoms with Crippen LogP contribution in [0.15, 0.2) is 29.2 Å². The van der Waals surface area contributed by atoms with Crippen molar-refractivity contribution in [3.05, 3.63) is 29.8 Å². The number of rotatable bonds is 9. The van der Waals surface area contributed by atoms with E-state index < -0.39 is 21.7 Å². The maximum absolute atomic E-state index is 12.5. The van der Waals surface area contributed by atoms with E-state index >= 15 is 0 Å². The predicted octanol–water partition coefficient (Wildman–Crippen LogP) is 3.12. The van der Waals surface area contributed by atoms with Gasteiger partial charge in [0.25, 0.3) is 5.97 Å². The summed E-state index contributed by atoms with van der Waals surface area (Å²) in [6.45, 7) is 6.19. The lowest BCUT2D eigenvalue weighted by Gasteiger charge is -2.27. The Hall–Kier alpha value is -0.990. The average molecular weight is 372 g/mol. The predicted molar refractivity (Wildman–Crippen MR) is 93.5 cm³/mol. The number of aliphatic hydroxyl groups is 1. The summed E-state index contributed by atoms with van der Waals surface area (Å²) >= 11 is 0. The number of hydrogen-bond acceptors (Lipinski definition) is 6. The van der Waals surface area contributed by atoms with Gasteiger partial charge in [0.1, 0.15) is 0 Å². The van der Waals surface area contributed by atoms with E-state index in [1.54, 1.807) is 19.1 Å². The number of aryl methyl sites for hydroxylation is 1. The molecule has 0 aliphatic carbocycles. The fourth-order valence-corrected chi connectivity index (χ4v) is 3.69. The molecular weight excluding hydrogens is 344 g/mol. The Balaban J connectivity index is 2.00. The topological polar surface area (TPSA) is 82.1 Å². The van der Waals surface area contributed by atoms with Crippen molar-refractivity contribution in [2.24, 2.45) is 0 Å². The Labute approximate surface area is 150 Å². The Morgan fingerprint density at radius 1 is 1.20 bits per heavy atom. The van der Waals surface area contributed by atoms with Crippen LogP contribution < -0.4 is 0 Å². The van der Waals surface area contributed by atoms with Gasteiger partial charge in [-0.25, -0.2) is 4.18 Å². The summed E-state index contributed by atoms with van der Waals surface area (Å²) in [5, 5.41) is 10.0. The van der Waals surface area contributed by atoms with Crippen molar-refractivity contribution in [3.63, 3.8) is 0 Å². The Morgan fingerprint density at radius 2 is 1.80 bits per heavy atom. The molecule has 1 saturated heterocycles. The van der Waals surface area contributed by atoms with Crippen LogP contribution in [0, 0.1) is 6.92 Å². The molecule has 1 unspecified atom stereocenters. The zero-order valence-electron chi connectivity index (χ0n) is 15.2. The molecule has 7 heteroatoms. The third-order valence-corrected chi connectivity index (χ3v) is 5.81. The van der Waals surface area contributed by atoms with Crippen LogP contribution in [0.2, 0.25) is 0 Å². The smallest absolute Gasteiger partial charge is 0.301 e. The minimum atomic E-state index is -3.99. The third-order valence-electron chi connectivity index (χ3n) is 4.48. The maximum atomic E-state index is 12.5. The molecule has 1 aromatic rings. The monoisotopic (exact) mass is 372 g/mol. The van der Waals surface area contributed by atoms with Crippen molar-refractivity contribution in [3.8, 4) is 0 Å². The lowest BCUT2D eigenvalue weighted by molar-refractivity contribution is -0.287. The van der Waals surface area contributed by atoms with Gasteiger partial charge in [0, 0.05) is 6.42 Å². The van der Waals surface area contributed by atoms with Crippen LogP contribution in [0.25, 0.3) is 0 Å². The van der Waals surface area contributed by atoms with Gasteiger partial charge < -0.3 is 14.6 Å². The van der Waals surface area contributed by atoms with Crippen molar-refractivity contribution < 1.29 is 27.2 Å². The maximum Gasteiger partial charge on any atom is 0.301 e. The molecule has 0 aromatic heterocycles. The highest BCUT2D eigenvalue weighted by atomic mass is 32.2. The van der Waals surface area contributed by atoms with Crippen LogP contribution in [0.1, 0.15) is 51.5 Å². The van der Waals surface area contributed by atoms with Crippen LogP contribution in [0.3, 0.4) is 0 Å². The van der Waals surface area contributed by atoms with Crippen molar-refractivity contribution in [2.45, 2.75) is 69.3 Å². The van der Waals surface area contributed by atoms with Crippen molar-refractivity contribution in [1.82, 2.24) is 0 Å². The molecule has 1 aromatic carbocycles. The second kappa shape index (κ2) is 8.14. The Kier molecular flexibility index (Phi) is 6.62. The first-order chi connectivity index (χ1) is 11.7. The molecule has 1 atom stereocenters. The molecule has 0 bridgehead atoms. The van der Waals surface area contributed by atoms with Gasteiger partial charge in [-0.05, 0) is 45.2 Å².